The Kier molecular flexibility index (Phi) is 64.2. The van der Waals surface area contributed by atoms with Gasteiger partial charge in [0.25, 0.3) is 0 Å². The average Bonchev–Trinajstić information content (AvgIpc) is 3.44. The quantitative estimate of drug-likeness (QED) is 0.0261. The summed E-state index contributed by atoms with van der Waals surface area (Å²) in [5, 5.41) is 0. The maximum Gasteiger partial charge on any atom is 0.306 e. The molecule has 0 spiro atoms. The van der Waals surface area contributed by atoms with Crippen LogP contribution in [0.25, 0.3) is 0 Å². The van der Waals surface area contributed by atoms with Crippen molar-refractivity contribution in [1.29, 1.82) is 0 Å². The van der Waals surface area contributed by atoms with Gasteiger partial charge in [0.2, 0.25) is 0 Å². The maximum absolute atomic E-state index is 12.8. The molecule has 0 saturated heterocycles. The number of rotatable bonds is 63. The summed E-state index contributed by atoms with van der Waals surface area (Å²) in [7, 11) is 0. The van der Waals surface area contributed by atoms with Gasteiger partial charge in [-0.2, -0.15) is 0 Å². The lowest BCUT2D eigenvalue weighted by Gasteiger charge is -2.18. The number of esters is 3. The highest BCUT2D eigenvalue weighted by Crippen LogP contribution is 2.18. The Balaban J connectivity index is 3.99. The second-order valence-corrected chi connectivity index (χ2v) is 23.1. The second-order valence-electron chi connectivity index (χ2n) is 23.1. The number of allylic oxidation sites excluding steroid dienone is 10. The standard InChI is InChI=1S/C72H130O6/c1-4-7-10-13-16-18-20-22-24-26-28-29-30-31-32-33-34-35-36-37-38-39-40-41-42-44-45-47-49-51-53-56-59-62-65-71(74)77-68-69(67-76-70(73)64-61-58-55-15-12-9-6-3)78-72(75)66-63-60-57-54-52-50-48-46-43-27-25-23-21-19-17-14-11-8-5-2/h8,11,17,19,23,25,43,46,50,52,69H,4-7,9-10,12-16,18,20-22,24,26-42,44-45,47-49,51,53-68H2,1-3H3/b11-8-,19-17-,25-23-,46-43-,52-50-. The highest BCUT2D eigenvalue weighted by Gasteiger charge is 2.19. The third-order valence-electron chi connectivity index (χ3n) is 15.3. The average molecular weight is 1090 g/mol. The van der Waals surface area contributed by atoms with E-state index < -0.39 is 6.10 Å². The van der Waals surface area contributed by atoms with Crippen molar-refractivity contribution in [2.75, 3.05) is 13.2 Å². The van der Waals surface area contributed by atoms with Crippen molar-refractivity contribution in [2.24, 2.45) is 0 Å². The van der Waals surface area contributed by atoms with E-state index >= 15 is 0 Å². The third-order valence-corrected chi connectivity index (χ3v) is 15.3. The minimum absolute atomic E-state index is 0.0843. The Morgan fingerprint density at radius 1 is 0.269 bits per heavy atom. The third kappa shape index (κ3) is 63.9. The van der Waals surface area contributed by atoms with Gasteiger partial charge in [-0.1, -0.05) is 338 Å². The van der Waals surface area contributed by atoms with E-state index in [1.807, 2.05) is 0 Å². The largest absolute Gasteiger partial charge is 0.462 e. The zero-order valence-electron chi connectivity index (χ0n) is 52.2. The Labute approximate surface area is 485 Å². The van der Waals surface area contributed by atoms with Crippen LogP contribution >= 0.6 is 0 Å². The molecule has 454 valence electrons. The molecule has 1 atom stereocenters. The molecule has 0 aliphatic carbocycles. The van der Waals surface area contributed by atoms with E-state index in [-0.39, 0.29) is 31.1 Å². The summed E-state index contributed by atoms with van der Waals surface area (Å²) in [6.45, 7) is 6.50. The van der Waals surface area contributed by atoms with Crippen molar-refractivity contribution in [2.45, 2.75) is 367 Å². The zero-order valence-corrected chi connectivity index (χ0v) is 52.2. The minimum Gasteiger partial charge on any atom is -0.462 e. The first-order chi connectivity index (χ1) is 38.5. The molecule has 0 saturated carbocycles. The lowest BCUT2D eigenvalue weighted by atomic mass is 10.0. The summed E-state index contributed by atoms with van der Waals surface area (Å²) in [5.41, 5.74) is 0. The van der Waals surface area contributed by atoms with Crippen LogP contribution in [0.15, 0.2) is 60.8 Å². The van der Waals surface area contributed by atoms with Gasteiger partial charge in [-0.25, -0.2) is 0 Å². The number of carbonyl (C=O) groups excluding carboxylic acids is 3. The van der Waals surface area contributed by atoms with Gasteiger partial charge in [0.05, 0.1) is 0 Å². The summed E-state index contributed by atoms with van der Waals surface area (Å²) in [5.74, 6) is -0.908. The molecule has 78 heavy (non-hydrogen) atoms. The highest BCUT2D eigenvalue weighted by atomic mass is 16.6. The molecule has 0 amide bonds. The van der Waals surface area contributed by atoms with Crippen molar-refractivity contribution in [1.82, 2.24) is 0 Å². The number of hydrogen-bond donors (Lipinski definition) is 0. The fraction of sp³-hybridized carbons (Fsp3) is 0.819. The summed E-state index contributed by atoms with van der Waals surface area (Å²) >= 11 is 0. The number of carbonyl (C=O) groups is 3. The topological polar surface area (TPSA) is 78.9 Å². The van der Waals surface area contributed by atoms with Gasteiger partial charge >= 0.3 is 17.9 Å². The second kappa shape index (κ2) is 66.6. The van der Waals surface area contributed by atoms with Gasteiger partial charge in [0.1, 0.15) is 13.2 Å². The van der Waals surface area contributed by atoms with Crippen LogP contribution in [0.1, 0.15) is 361 Å². The molecule has 6 heteroatoms. The zero-order chi connectivity index (χ0) is 56.4. The first-order valence-electron chi connectivity index (χ1n) is 34.3. The first kappa shape index (κ1) is 75.1. The molecule has 0 aromatic rings. The van der Waals surface area contributed by atoms with E-state index in [1.165, 1.54) is 225 Å². The predicted octanol–water partition coefficient (Wildman–Crippen LogP) is 23.5. The lowest BCUT2D eigenvalue weighted by Crippen LogP contribution is -2.30. The van der Waals surface area contributed by atoms with E-state index in [2.05, 4.69) is 81.5 Å². The van der Waals surface area contributed by atoms with Crippen LogP contribution in [-0.4, -0.2) is 37.2 Å². The maximum atomic E-state index is 12.8. The summed E-state index contributed by atoms with van der Waals surface area (Å²) in [6.07, 6.45) is 85.9. The molecule has 0 N–H and O–H groups in total. The molecule has 0 aliphatic heterocycles. The van der Waals surface area contributed by atoms with Crippen molar-refractivity contribution in [3.05, 3.63) is 60.8 Å². The smallest absolute Gasteiger partial charge is 0.306 e. The van der Waals surface area contributed by atoms with Crippen molar-refractivity contribution in [3.63, 3.8) is 0 Å². The minimum atomic E-state index is -0.788. The Hall–Kier alpha value is -2.89. The molecule has 6 nitrogen and oxygen atoms in total. The van der Waals surface area contributed by atoms with Crippen LogP contribution in [0, 0.1) is 0 Å². The SMILES string of the molecule is CC/C=C\C/C=C\C/C=C\C/C=C\C/C=C\CCCCCC(=O)OC(COC(=O)CCCCCCCCC)COC(=O)CCCCCCCCCCCCCCCCCCCCCCCCCCCCCCCCCCCC. The van der Waals surface area contributed by atoms with E-state index in [4.69, 9.17) is 14.2 Å². The highest BCUT2D eigenvalue weighted by molar-refractivity contribution is 5.71. The van der Waals surface area contributed by atoms with E-state index in [0.29, 0.717) is 19.3 Å². The molecule has 0 aromatic heterocycles. The van der Waals surface area contributed by atoms with Crippen molar-refractivity contribution < 1.29 is 28.6 Å². The van der Waals surface area contributed by atoms with Crippen LogP contribution in [0.5, 0.6) is 0 Å². The molecule has 0 aliphatic rings. The lowest BCUT2D eigenvalue weighted by molar-refractivity contribution is -0.167. The van der Waals surface area contributed by atoms with Gasteiger partial charge < -0.3 is 14.2 Å². The van der Waals surface area contributed by atoms with Crippen LogP contribution in [0.3, 0.4) is 0 Å². The van der Waals surface area contributed by atoms with Crippen LogP contribution < -0.4 is 0 Å². The van der Waals surface area contributed by atoms with Crippen LogP contribution in [0.2, 0.25) is 0 Å². The first-order valence-corrected chi connectivity index (χ1v) is 34.3. The molecule has 0 fully saturated rings. The molecular formula is C72H130O6. The molecule has 0 bridgehead atoms. The molecule has 0 rings (SSSR count). The van der Waals surface area contributed by atoms with Gasteiger partial charge in [0, 0.05) is 19.3 Å². The summed E-state index contributed by atoms with van der Waals surface area (Å²) in [6, 6.07) is 0. The van der Waals surface area contributed by atoms with E-state index in [0.717, 1.165) is 96.3 Å². The normalized spacial score (nSPS) is 12.4. The molecular weight excluding hydrogens is 961 g/mol. The fourth-order valence-electron chi connectivity index (χ4n) is 10.2. The number of ether oxygens (including phenoxy) is 3. The Morgan fingerprint density at radius 2 is 0.500 bits per heavy atom. The summed E-state index contributed by atoms with van der Waals surface area (Å²) in [4.78, 5) is 38.1. The molecule has 0 aromatic carbocycles. The van der Waals surface area contributed by atoms with Crippen LogP contribution in [0.4, 0.5) is 0 Å². The van der Waals surface area contributed by atoms with Gasteiger partial charge in [0.15, 0.2) is 6.10 Å². The molecule has 0 radical (unpaired) electrons. The Bertz CT molecular complexity index is 1390. The Morgan fingerprint density at radius 3 is 0.782 bits per heavy atom. The monoisotopic (exact) mass is 1090 g/mol. The summed E-state index contributed by atoms with van der Waals surface area (Å²) < 4.78 is 16.8. The van der Waals surface area contributed by atoms with E-state index in [1.54, 1.807) is 0 Å². The predicted molar refractivity (Wildman–Crippen MR) is 339 cm³/mol. The molecule has 1 unspecified atom stereocenters. The van der Waals surface area contributed by atoms with Gasteiger partial charge in [-0.15, -0.1) is 0 Å². The van der Waals surface area contributed by atoms with Crippen molar-refractivity contribution >= 4 is 17.9 Å². The van der Waals surface area contributed by atoms with Gasteiger partial charge in [-0.3, -0.25) is 14.4 Å². The van der Waals surface area contributed by atoms with Gasteiger partial charge in [-0.05, 0) is 64.2 Å². The molecule has 0 heterocycles. The fourth-order valence-corrected chi connectivity index (χ4v) is 10.2. The van der Waals surface area contributed by atoms with Crippen molar-refractivity contribution in [3.8, 4) is 0 Å². The van der Waals surface area contributed by atoms with E-state index in [9.17, 15) is 14.4 Å². The number of unbranched alkanes of at least 4 members (excludes halogenated alkanes) is 42. The van der Waals surface area contributed by atoms with Crippen LogP contribution in [-0.2, 0) is 28.6 Å². The number of hydrogen-bond acceptors (Lipinski definition) is 6.